The van der Waals surface area contributed by atoms with Crippen molar-refractivity contribution in [2.45, 2.75) is 6.04 Å². The standard InChI is InChI=1S/C23H16N2O5/c26-21(14-8-9-17-18(11-14)30-13-29-17)19-20(15-5-4-10-24-12-15)25(23(28)22(19)27)16-6-2-1-3-7-16/h1-12,20,26H,13H2/b21-19-. The zero-order chi connectivity index (χ0) is 20.7. The number of ketones is 1. The lowest BCUT2D eigenvalue weighted by molar-refractivity contribution is -0.132. The molecule has 30 heavy (non-hydrogen) atoms. The smallest absolute Gasteiger partial charge is 0.300 e. The maximum absolute atomic E-state index is 13.0. The van der Waals surface area contributed by atoms with Gasteiger partial charge in [0.15, 0.2) is 11.5 Å². The summed E-state index contributed by atoms with van der Waals surface area (Å²) in [5, 5.41) is 11.1. The SMILES string of the molecule is O=C1C(=O)N(c2ccccc2)C(c2cccnc2)/C1=C(/O)c1ccc2c(c1)OCO2. The van der Waals surface area contributed by atoms with Crippen molar-refractivity contribution in [3.05, 3.63) is 89.8 Å². The summed E-state index contributed by atoms with van der Waals surface area (Å²) < 4.78 is 10.7. The number of aromatic nitrogens is 1. The van der Waals surface area contributed by atoms with E-state index < -0.39 is 17.7 Å². The lowest BCUT2D eigenvalue weighted by Crippen LogP contribution is -2.29. The number of carbonyl (C=O) groups excluding carboxylic acids is 2. The number of amides is 1. The number of nitrogens with zero attached hydrogens (tertiary/aromatic N) is 2. The summed E-state index contributed by atoms with van der Waals surface area (Å²) in [6.45, 7) is 0.0909. The summed E-state index contributed by atoms with van der Waals surface area (Å²) in [7, 11) is 0. The molecule has 2 aliphatic rings. The maximum Gasteiger partial charge on any atom is 0.300 e. The first kappa shape index (κ1) is 17.9. The van der Waals surface area contributed by atoms with Crippen LogP contribution in [0.2, 0.25) is 0 Å². The van der Waals surface area contributed by atoms with Gasteiger partial charge in [-0.2, -0.15) is 0 Å². The zero-order valence-corrected chi connectivity index (χ0v) is 15.7. The molecule has 3 aromatic rings. The molecule has 0 bridgehead atoms. The second-order valence-electron chi connectivity index (χ2n) is 6.86. The number of rotatable bonds is 3. The molecule has 7 nitrogen and oxygen atoms in total. The summed E-state index contributed by atoms with van der Waals surface area (Å²) in [6, 6.07) is 16.4. The number of benzene rings is 2. The van der Waals surface area contributed by atoms with Gasteiger partial charge < -0.3 is 14.6 Å². The fourth-order valence-corrected chi connectivity index (χ4v) is 3.74. The van der Waals surface area contributed by atoms with E-state index in [1.54, 1.807) is 67.0 Å². The molecule has 1 N–H and O–H groups in total. The van der Waals surface area contributed by atoms with Gasteiger partial charge >= 0.3 is 0 Å². The van der Waals surface area contributed by atoms with Crippen molar-refractivity contribution in [1.29, 1.82) is 0 Å². The van der Waals surface area contributed by atoms with Gasteiger partial charge in [-0.25, -0.2) is 0 Å². The normalized spacial score (nSPS) is 19.3. The number of Topliss-reactive ketones (excluding diaryl/α,β-unsaturated/α-hetero) is 1. The lowest BCUT2D eigenvalue weighted by Gasteiger charge is -2.25. The van der Waals surface area contributed by atoms with E-state index in [1.807, 2.05) is 6.07 Å². The number of carbonyl (C=O) groups is 2. The molecule has 1 atom stereocenters. The Labute approximate surface area is 171 Å². The Bertz CT molecular complexity index is 1170. The average Bonchev–Trinajstić information content (AvgIpc) is 3.36. The van der Waals surface area contributed by atoms with Gasteiger partial charge in [0.1, 0.15) is 5.76 Å². The van der Waals surface area contributed by atoms with E-state index in [0.717, 1.165) is 0 Å². The Morgan fingerprint density at radius 3 is 2.57 bits per heavy atom. The van der Waals surface area contributed by atoms with Crippen LogP contribution in [-0.2, 0) is 9.59 Å². The highest BCUT2D eigenvalue weighted by atomic mass is 16.7. The summed E-state index contributed by atoms with van der Waals surface area (Å²) in [5.74, 6) is -0.728. The molecular formula is C23H16N2O5. The number of fused-ring (bicyclic) bond motifs is 1. The van der Waals surface area contributed by atoms with Gasteiger partial charge in [0.05, 0.1) is 11.6 Å². The number of hydrogen-bond donors (Lipinski definition) is 1. The van der Waals surface area contributed by atoms with E-state index in [0.29, 0.717) is 28.3 Å². The maximum atomic E-state index is 13.0. The monoisotopic (exact) mass is 400 g/mol. The minimum absolute atomic E-state index is 0.00396. The van der Waals surface area contributed by atoms with Crippen molar-refractivity contribution in [2.24, 2.45) is 0 Å². The Morgan fingerprint density at radius 2 is 1.80 bits per heavy atom. The topological polar surface area (TPSA) is 89.0 Å². The minimum Gasteiger partial charge on any atom is -0.507 e. The van der Waals surface area contributed by atoms with Crippen molar-refractivity contribution >= 4 is 23.1 Å². The number of ether oxygens (including phenoxy) is 2. The van der Waals surface area contributed by atoms with Crippen molar-refractivity contribution in [1.82, 2.24) is 4.98 Å². The van der Waals surface area contributed by atoms with Crippen LogP contribution in [0.4, 0.5) is 5.69 Å². The molecule has 0 radical (unpaired) electrons. The number of hydrogen-bond acceptors (Lipinski definition) is 6. The van der Waals surface area contributed by atoms with Crippen LogP contribution in [0.25, 0.3) is 5.76 Å². The number of para-hydroxylation sites is 1. The van der Waals surface area contributed by atoms with Gasteiger partial charge in [-0.1, -0.05) is 24.3 Å². The number of pyridine rings is 1. The Balaban J connectivity index is 1.70. The molecule has 5 rings (SSSR count). The Hall–Kier alpha value is -4.13. The van der Waals surface area contributed by atoms with Gasteiger partial charge in [-0.15, -0.1) is 0 Å². The van der Waals surface area contributed by atoms with Gasteiger partial charge in [-0.05, 0) is 42.0 Å². The van der Waals surface area contributed by atoms with E-state index in [2.05, 4.69) is 4.98 Å². The van der Waals surface area contributed by atoms with Crippen LogP contribution in [0.1, 0.15) is 17.2 Å². The van der Waals surface area contributed by atoms with E-state index in [9.17, 15) is 14.7 Å². The molecule has 1 saturated heterocycles. The van der Waals surface area contributed by atoms with Crippen LogP contribution in [0.15, 0.2) is 78.6 Å². The Morgan fingerprint density at radius 1 is 1.00 bits per heavy atom. The summed E-state index contributed by atoms with van der Waals surface area (Å²) in [6.07, 6.45) is 3.19. The largest absolute Gasteiger partial charge is 0.507 e. The van der Waals surface area contributed by atoms with Crippen LogP contribution < -0.4 is 14.4 Å². The minimum atomic E-state index is -0.813. The third kappa shape index (κ3) is 2.79. The second-order valence-corrected chi connectivity index (χ2v) is 6.86. The van der Waals surface area contributed by atoms with E-state index in [4.69, 9.17) is 9.47 Å². The van der Waals surface area contributed by atoms with E-state index in [-0.39, 0.29) is 18.1 Å². The molecule has 0 spiro atoms. The summed E-state index contributed by atoms with van der Waals surface area (Å²) >= 11 is 0. The molecule has 148 valence electrons. The first-order chi connectivity index (χ1) is 14.6. The first-order valence-electron chi connectivity index (χ1n) is 9.31. The molecule has 2 aliphatic heterocycles. The molecule has 0 aliphatic carbocycles. The van der Waals surface area contributed by atoms with Crippen molar-refractivity contribution < 1.29 is 24.2 Å². The first-order valence-corrected chi connectivity index (χ1v) is 9.31. The second kappa shape index (κ2) is 7.04. The predicted molar refractivity (Wildman–Crippen MR) is 108 cm³/mol. The molecule has 3 heterocycles. The van der Waals surface area contributed by atoms with Crippen molar-refractivity contribution in [2.75, 3.05) is 11.7 Å². The number of aliphatic hydroxyl groups excluding tert-OH is 1. The molecular weight excluding hydrogens is 384 g/mol. The van der Waals surface area contributed by atoms with Crippen LogP contribution in [-0.4, -0.2) is 28.6 Å². The zero-order valence-electron chi connectivity index (χ0n) is 15.7. The number of aliphatic hydroxyl groups is 1. The molecule has 1 unspecified atom stereocenters. The van der Waals surface area contributed by atoms with Crippen LogP contribution >= 0.6 is 0 Å². The molecule has 7 heteroatoms. The Kier molecular flexibility index (Phi) is 4.21. The van der Waals surface area contributed by atoms with Gasteiger partial charge in [0.25, 0.3) is 11.7 Å². The highest BCUT2D eigenvalue weighted by molar-refractivity contribution is 6.51. The fourth-order valence-electron chi connectivity index (χ4n) is 3.74. The van der Waals surface area contributed by atoms with Crippen LogP contribution in [0.5, 0.6) is 11.5 Å². The van der Waals surface area contributed by atoms with Gasteiger partial charge in [0.2, 0.25) is 6.79 Å². The predicted octanol–water partition coefficient (Wildman–Crippen LogP) is 3.44. The highest BCUT2D eigenvalue weighted by Gasteiger charge is 2.47. The summed E-state index contributed by atoms with van der Waals surface area (Å²) in [4.78, 5) is 31.5. The molecule has 1 aromatic heterocycles. The molecule has 0 saturated carbocycles. The third-order valence-electron chi connectivity index (χ3n) is 5.12. The van der Waals surface area contributed by atoms with E-state index in [1.165, 1.54) is 4.90 Å². The molecule has 2 aromatic carbocycles. The quantitative estimate of drug-likeness (QED) is 0.412. The third-order valence-corrected chi connectivity index (χ3v) is 5.12. The van der Waals surface area contributed by atoms with Crippen molar-refractivity contribution in [3.63, 3.8) is 0 Å². The highest BCUT2D eigenvalue weighted by Crippen LogP contribution is 2.43. The molecule has 1 fully saturated rings. The van der Waals surface area contributed by atoms with E-state index >= 15 is 0 Å². The lowest BCUT2D eigenvalue weighted by atomic mass is 9.96. The van der Waals surface area contributed by atoms with Gasteiger partial charge in [0, 0.05) is 23.6 Å². The van der Waals surface area contributed by atoms with Crippen molar-refractivity contribution in [3.8, 4) is 11.5 Å². The van der Waals surface area contributed by atoms with Gasteiger partial charge in [-0.3, -0.25) is 19.5 Å². The van der Waals surface area contributed by atoms with Crippen LogP contribution in [0.3, 0.4) is 0 Å². The summed E-state index contributed by atoms with van der Waals surface area (Å²) in [5.41, 5.74) is 1.52. The van der Waals surface area contributed by atoms with Crippen LogP contribution in [0, 0.1) is 0 Å². The molecule has 1 amide bonds. The average molecular weight is 400 g/mol. The number of anilines is 1. The fraction of sp³-hybridized carbons (Fsp3) is 0.0870.